The van der Waals surface area contributed by atoms with Crippen LogP contribution in [-0.4, -0.2) is 24.5 Å². The average molecular weight is 242 g/mol. The molecule has 0 aromatic rings. The van der Waals surface area contributed by atoms with Crippen LogP contribution >= 0.6 is 0 Å². The number of carbonyl (C=O) groups excluding carboxylic acids is 1. The molecule has 4 heteroatoms. The molecule has 1 rings (SSSR count). The molecule has 18 heavy (non-hydrogen) atoms. The van der Waals surface area contributed by atoms with Crippen molar-refractivity contribution in [1.29, 1.82) is 5.26 Å². The normalized spacial score (nSPS) is 16.6. The Balaban J connectivity index is 2.94. The van der Waals surface area contributed by atoms with Gasteiger partial charge in [-0.15, -0.1) is 6.58 Å². The van der Waals surface area contributed by atoms with Crippen LogP contribution < -0.4 is 0 Å². The van der Waals surface area contributed by atoms with Gasteiger partial charge < -0.3 is 9.64 Å². The van der Waals surface area contributed by atoms with Gasteiger partial charge >= 0.3 is 5.97 Å². The first kappa shape index (κ1) is 13.5. The third-order valence-corrected chi connectivity index (χ3v) is 2.25. The summed E-state index contributed by atoms with van der Waals surface area (Å²) < 4.78 is 4.50. The molecule has 0 unspecified atom stereocenters. The Bertz CT molecular complexity index is 490. The van der Waals surface area contributed by atoms with E-state index in [9.17, 15) is 4.79 Å². The summed E-state index contributed by atoms with van der Waals surface area (Å²) in [5, 5.41) is 8.82. The lowest BCUT2D eigenvalue weighted by Gasteiger charge is -2.21. The predicted octanol–water partition coefficient (Wildman–Crippen LogP) is 2.06. The highest BCUT2D eigenvalue weighted by atomic mass is 16.5. The second-order valence-electron chi connectivity index (χ2n) is 3.42. The molecule has 1 aliphatic rings. The Morgan fingerprint density at radius 2 is 2.39 bits per heavy atom. The number of methoxy groups -OCH3 is 1. The van der Waals surface area contributed by atoms with Gasteiger partial charge in [-0.25, -0.2) is 4.79 Å². The van der Waals surface area contributed by atoms with Gasteiger partial charge in [-0.1, -0.05) is 12.2 Å². The maximum atomic E-state index is 11.2. The van der Waals surface area contributed by atoms with Crippen LogP contribution in [0.4, 0.5) is 0 Å². The molecule has 4 nitrogen and oxygen atoms in total. The first-order valence-corrected chi connectivity index (χ1v) is 5.35. The Morgan fingerprint density at radius 1 is 1.61 bits per heavy atom. The molecule has 0 radical (unpaired) electrons. The van der Waals surface area contributed by atoms with Gasteiger partial charge in [0.2, 0.25) is 0 Å². The summed E-state index contributed by atoms with van der Waals surface area (Å²) in [5.41, 5.74) is 0.834. The van der Waals surface area contributed by atoms with Crippen molar-refractivity contribution in [1.82, 2.24) is 4.90 Å². The summed E-state index contributed by atoms with van der Waals surface area (Å²) in [4.78, 5) is 13.2. The zero-order chi connectivity index (χ0) is 13.4. The van der Waals surface area contributed by atoms with Gasteiger partial charge in [0.15, 0.2) is 0 Å². The summed E-state index contributed by atoms with van der Waals surface area (Å²) in [6, 6.07) is 1.80. The van der Waals surface area contributed by atoms with Crippen molar-refractivity contribution in [2.24, 2.45) is 0 Å². The van der Waals surface area contributed by atoms with E-state index in [1.807, 2.05) is 29.3 Å². The van der Waals surface area contributed by atoms with Crippen LogP contribution in [0.3, 0.4) is 0 Å². The van der Waals surface area contributed by atoms with E-state index < -0.39 is 5.97 Å². The highest BCUT2D eigenvalue weighted by Crippen LogP contribution is 2.13. The second-order valence-corrected chi connectivity index (χ2v) is 3.42. The fourth-order valence-corrected chi connectivity index (χ4v) is 1.38. The van der Waals surface area contributed by atoms with E-state index in [1.54, 1.807) is 18.2 Å². The lowest BCUT2D eigenvalue weighted by Crippen LogP contribution is -2.16. The summed E-state index contributed by atoms with van der Waals surface area (Å²) in [7, 11) is 1.24. The van der Waals surface area contributed by atoms with Gasteiger partial charge in [0, 0.05) is 18.4 Å². The molecule has 0 N–H and O–H groups in total. The van der Waals surface area contributed by atoms with Crippen molar-refractivity contribution in [3.63, 3.8) is 0 Å². The third-order valence-electron chi connectivity index (χ3n) is 2.25. The van der Waals surface area contributed by atoms with Crippen LogP contribution in [0.1, 0.15) is 0 Å². The fourth-order valence-electron chi connectivity index (χ4n) is 1.38. The Labute approximate surface area is 106 Å². The molecule has 0 aliphatic carbocycles. The molecule has 92 valence electrons. The zero-order valence-corrected chi connectivity index (χ0v) is 10.2. The molecule has 0 amide bonds. The number of nitriles is 1. The van der Waals surface area contributed by atoms with Crippen molar-refractivity contribution in [3.8, 4) is 6.07 Å². The third kappa shape index (κ3) is 3.49. The summed E-state index contributed by atoms with van der Waals surface area (Å²) in [5.74, 6) is -0.639. The lowest BCUT2D eigenvalue weighted by molar-refractivity contribution is -0.135. The molecule has 0 bridgehead atoms. The number of ether oxygens (including phenoxy) is 1. The zero-order valence-electron chi connectivity index (χ0n) is 10.2. The first-order chi connectivity index (χ1) is 8.72. The molecular formula is C14H14N2O2. The van der Waals surface area contributed by atoms with Crippen LogP contribution in [0.15, 0.2) is 60.5 Å². The highest BCUT2D eigenvalue weighted by molar-refractivity contribution is 5.92. The van der Waals surface area contributed by atoms with E-state index in [-0.39, 0.29) is 5.57 Å². The van der Waals surface area contributed by atoms with Crippen molar-refractivity contribution in [3.05, 3.63) is 60.5 Å². The molecule has 0 saturated heterocycles. The van der Waals surface area contributed by atoms with Gasteiger partial charge in [0.1, 0.15) is 11.6 Å². The molecule has 0 aromatic carbocycles. The quantitative estimate of drug-likeness (QED) is 0.328. The van der Waals surface area contributed by atoms with Gasteiger partial charge in [0.05, 0.1) is 7.11 Å². The fraction of sp³-hybridized carbons (Fsp3) is 0.143. The number of nitrogens with zero attached hydrogens (tertiary/aromatic N) is 2. The molecule has 1 heterocycles. The molecule has 0 aromatic heterocycles. The van der Waals surface area contributed by atoms with E-state index >= 15 is 0 Å². The van der Waals surface area contributed by atoms with Crippen molar-refractivity contribution in [2.75, 3.05) is 13.7 Å². The van der Waals surface area contributed by atoms with Crippen LogP contribution in [0.2, 0.25) is 0 Å². The van der Waals surface area contributed by atoms with E-state index in [0.29, 0.717) is 6.54 Å². The Kier molecular flexibility index (Phi) is 5.20. The standard InChI is InChI=1S/C14H14N2O2/c1-3-9-16-10-5-4-6-13(16)8-7-12(11-15)14(17)18-2/h3-8,10H,1,9H2,2H3/b12-7+,13-8+. The largest absolute Gasteiger partial charge is 0.465 e. The molecule has 1 aliphatic heterocycles. The number of hydrogen-bond acceptors (Lipinski definition) is 4. The minimum absolute atomic E-state index is 0.0356. The van der Waals surface area contributed by atoms with Crippen LogP contribution in [-0.2, 0) is 9.53 Å². The first-order valence-electron chi connectivity index (χ1n) is 5.35. The maximum Gasteiger partial charge on any atom is 0.348 e. The van der Waals surface area contributed by atoms with Crippen molar-refractivity contribution in [2.45, 2.75) is 0 Å². The Hall–Kier alpha value is -2.54. The summed E-state index contributed by atoms with van der Waals surface area (Å²) in [6.45, 7) is 4.33. The number of rotatable bonds is 4. The lowest BCUT2D eigenvalue weighted by atomic mass is 10.2. The van der Waals surface area contributed by atoms with Crippen LogP contribution in [0.25, 0.3) is 0 Å². The Morgan fingerprint density at radius 3 is 3.00 bits per heavy atom. The van der Waals surface area contributed by atoms with Gasteiger partial charge in [0.25, 0.3) is 0 Å². The molecule has 0 spiro atoms. The van der Waals surface area contributed by atoms with E-state index in [2.05, 4.69) is 11.3 Å². The van der Waals surface area contributed by atoms with Crippen molar-refractivity contribution >= 4 is 5.97 Å². The molecule has 0 atom stereocenters. The van der Waals surface area contributed by atoms with Crippen molar-refractivity contribution < 1.29 is 9.53 Å². The van der Waals surface area contributed by atoms with Crippen LogP contribution in [0.5, 0.6) is 0 Å². The monoisotopic (exact) mass is 242 g/mol. The number of hydrogen-bond donors (Lipinski definition) is 0. The number of esters is 1. The summed E-state index contributed by atoms with van der Waals surface area (Å²) >= 11 is 0. The van der Waals surface area contributed by atoms with Crippen LogP contribution in [0, 0.1) is 11.3 Å². The maximum absolute atomic E-state index is 11.2. The smallest absolute Gasteiger partial charge is 0.348 e. The topological polar surface area (TPSA) is 53.3 Å². The molecular weight excluding hydrogens is 228 g/mol. The van der Waals surface area contributed by atoms with E-state index in [4.69, 9.17) is 5.26 Å². The number of carbonyl (C=O) groups is 1. The van der Waals surface area contributed by atoms with Gasteiger partial charge in [-0.2, -0.15) is 5.26 Å². The van der Waals surface area contributed by atoms with E-state index in [0.717, 1.165) is 5.70 Å². The van der Waals surface area contributed by atoms with Gasteiger partial charge in [-0.05, 0) is 24.3 Å². The molecule has 0 fully saturated rings. The van der Waals surface area contributed by atoms with E-state index in [1.165, 1.54) is 13.2 Å². The second kappa shape index (κ2) is 6.92. The number of allylic oxidation sites excluding steroid dienone is 5. The molecule has 0 saturated carbocycles. The minimum atomic E-state index is -0.639. The SMILES string of the molecule is C=CCN1C=CC=C/C1=C\C=C(/C#N)C(=O)OC. The average Bonchev–Trinajstić information content (AvgIpc) is 2.41. The minimum Gasteiger partial charge on any atom is -0.465 e. The van der Waals surface area contributed by atoms with Gasteiger partial charge in [-0.3, -0.25) is 0 Å². The summed E-state index contributed by atoms with van der Waals surface area (Å²) in [6.07, 6.45) is 12.5. The predicted molar refractivity (Wildman–Crippen MR) is 69.0 cm³/mol. The highest BCUT2D eigenvalue weighted by Gasteiger charge is 2.08.